The van der Waals surface area contributed by atoms with Gasteiger partial charge in [0.2, 0.25) is 5.91 Å². The number of aliphatic hydroxyl groups is 1. The van der Waals surface area contributed by atoms with Crippen molar-refractivity contribution in [2.45, 2.75) is 42.7 Å². The molecule has 3 heterocycles. The molecule has 0 bridgehead atoms. The van der Waals surface area contributed by atoms with Crippen molar-refractivity contribution in [3.8, 4) is 11.4 Å². The average molecular weight is 579 g/mol. The Bertz CT molecular complexity index is 1770. The first kappa shape index (κ1) is 27.0. The fraction of sp³-hybridized carbons (Fsp3) is 0.357. The monoisotopic (exact) mass is 578 g/mol. The van der Waals surface area contributed by atoms with Gasteiger partial charge in [-0.3, -0.25) is 18.9 Å². The molecule has 2 fully saturated rings. The zero-order valence-electron chi connectivity index (χ0n) is 22.4. The van der Waals surface area contributed by atoms with E-state index in [-0.39, 0.29) is 28.8 Å². The summed E-state index contributed by atoms with van der Waals surface area (Å²) in [4.78, 5) is 31.9. The third-order valence-electron chi connectivity index (χ3n) is 7.67. The van der Waals surface area contributed by atoms with E-state index < -0.39 is 15.6 Å². The number of benzene rings is 2. The molecule has 13 heteroatoms. The quantitative estimate of drug-likeness (QED) is 0.323. The molecule has 1 aliphatic carbocycles. The second kappa shape index (κ2) is 10.3. The molecule has 2 aliphatic rings. The highest BCUT2D eigenvalue weighted by molar-refractivity contribution is 7.92. The molecule has 12 nitrogen and oxygen atoms in total. The van der Waals surface area contributed by atoms with E-state index in [1.54, 1.807) is 36.4 Å². The van der Waals surface area contributed by atoms with E-state index in [0.29, 0.717) is 54.1 Å². The molecule has 4 aromatic rings. The van der Waals surface area contributed by atoms with Gasteiger partial charge in [-0.15, -0.1) is 0 Å². The van der Waals surface area contributed by atoms with Crippen molar-refractivity contribution >= 4 is 32.7 Å². The van der Waals surface area contributed by atoms with Gasteiger partial charge < -0.3 is 14.7 Å². The first-order valence-electron chi connectivity index (χ1n) is 13.4. The van der Waals surface area contributed by atoms with Gasteiger partial charge in [0.15, 0.2) is 5.65 Å². The number of hydrogen-bond donors (Lipinski definition) is 2. The fourth-order valence-electron chi connectivity index (χ4n) is 5.11. The Kier molecular flexibility index (Phi) is 6.78. The molecule has 2 N–H and O–H groups in total. The summed E-state index contributed by atoms with van der Waals surface area (Å²) in [5.41, 5.74) is -0.160. The van der Waals surface area contributed by atoms with Gasteiger partial charge in [-0.25, -0.2) is 18.1 Å². The lowest BCUT2D eigenvalue weighted by molar-refractivity contribution is -0.137. The average Bonchev–Trinajstić information content (AvgIpc) is 3.74. The fourth-order valence-corrected chi connectivity index (χ4v) is 6.20. The molecule has 41 heavy (non-hydrogen) atoms. The molecular formula is C28H30N6O6S. The second-order valence-electron chi connectivity index (χ2n) is 10.6. The molecule has 1 amide bonds. The lowest BCUT2D eigenvalue weighted by atomic mass is 9.91. The van der Waals surface area contributed by atoms with Crippen molar-refractivity contribution in [2.75, 3.05) is 24.9 Å². The maximum Gasteiger partial charge on any atom is 0.264 e. The second-order valence-corrected chi connectivity index (χ2v) is 12.3. The van der Waals surface area contributed by atoms with E-state index in [1.807, 2.05) is 4.90 Å². The lowest BCUT2D eigenvalue weighted by Crippen LogP contribution is -2.50. The van der Waals surface area contributed by atoms with Crippen LogP contribution in [-0.2, 0) is 21.4 Å². The Morgan fingerprint density at radius 2 is 1.88 bits per heavy atom. The van der Waals surface area contributed by atoms with Crippen LogP contribution in [0.2, 0.25) is 0 Å². The number of methoxy groups -OCH3 is 1. The Balaban J connectivity index is 1.17. The normalized spacial score (nSPS) is 17.0. The third kappa shape index (κ3) is 5.42. The van der Waals surface area contributed by atoms with E-state index >= 15 is 0 Å². The first-order valence-corrected chi connectivity index (χ1v) is 14.9. The molecule has 0 atom stereocenters. The maximum atomic E-state index is 13.3. The number of hydrogen-bond acceptors (Lipinski definition) is 8. The summed E-state index contributed by atoms with van der Waals surface area (Å²) < 4.78 is 36.2. The van der Waals surface area contributed by atoms with Crippen LogP contribution in [0.4, 0.5) is 5.69 Å². The van der Waals surface area contributed by atoms with Crippen LogP contribution in [0.1, 0.15) is 25.7 Å². The van der Waals surface area contributed by atoms with Crippen molar-refractivity contribution in [1.82, 2.24) is 24.2 Å². The number of rotatable bonds is 8. The van der Waals surface area contributed by atoms with Crippen LogP contribution in [0, 0.1) is 5.92 Å². The third-order valence-corrected chi connectivity index (χ3v) is 9.05. The highest BCUT2D eigenvalue weighted by atomic mass is 32.2. The number of carbonyl (C=O) groups excluding carboxylic acids is 1. The Labute approximate surface area is 236 Å². The van der Waals surface area contributed by atoms with Crippen LogP contribution in [0.3, 0.4) is 0 Å². The topological polar surface area (TPSA) is 149 Å². The molecule has 214 valence electrons. The molecule has 0 spiro atoms. The number of piperidine rings is 1. The summed E-state index contributed by atoms with van der Waals surface area (Å²) >= 11 is 0. The highest BCUT2D eigenvalue weighted by Crippen LogP contribution is 2.33. The summed E-state index contributed by atoms with van der Waals surface area (Å²) in [6, 6.07) is 12.7. The van der Waals surface area contributed by atoms with Crippen molar-refractivity contribution in [3.05, 3.63) is 71.4 Å². The van der Waals surface area contributed by atoms with Crippen molar-refractivity contribution < 1.29 is 23.1 Å². The van der Waals surface area contributed by atoms with Gasteiger partial charge in [-0.2, -0.15) is 5.10 Å². The number of aromatic nitrogens is 4. The molecule has 2 aromatic heterocycles. The molecule has 1 saturated heterocycles. The van der Waals surface area contributed by atoms with Crippen molar-refractivity contribution in [2.24, 2.45) is 5.92 Å². The molecule has 1 saturated carbocycles. The van der Waals surface area contributed by atoms with Crippen LogP contribution >= 0.6 is 0 Å². The lowest BCUT2D eigenvalue weighted by Gasteiger charge is -2.38. The Morgan fingerprint density at radius 3 is 2.56 bits per heavy atom. The Morgan fingerprint density at radius 1 is 1.15 bits per heavy atom. The highest BCUT2D eigenvalue weighted by Gasteiger charge is 2.39. The van der Waals surface area contributed by atoms with Crippen LogP contribution in [0.25, 0.3) is 16.7 Å². The smallest absolute Gasteiger partial charge is 0.264 e. The predicted molar refractivity (Wildman–Crippen MR) is 150 cm³/mol. The zero-order valence-corrected chi connectivity index (χ0v) is 23.2. The summed E-state index contributed by atoms with van der Waals surface area (Å²) in [5.74, 6) is 0.744. The van der Waals surface area contributed by atoms with Crippen LogP contribution in [0.15, 0.2) is 70.7 Å². The number of nitrogens with one attached hydrogen (secondary N) is 1. The van der Waals surface area contributed by atoms with Crippen molar-refractivity contribution in [1.29, 1.82) is 0 Å². The Hall–Kier alpha value is -4.23. The first-order chi connectivity index (χ1) is 19.7. The summed E-state index contributed by atoms with van der Waals surface area (Å²) in [6.07, 6.45) is 5.51. The van der Waals surface area contributed by atoms with Crippen molar-refractivity contribution in [3.63, 3.8) is 0 Å². The van der Waals surface area contributed by atoms with Crippen LogP contribution in [0.5, 0.6) is 5.75 Å². The summed E-state index contributed by atoms with van der Waals surface area (Å²) in [7, 11) is -2.37. The number of ether oxygens (including phenoxy) is 1. The minimum atomic E-state index is -3.83. The van der Waals surface area contributed by atoms with Gasteiger partial charge in [0, 0.05) is 30.8 Å². The standard InChI is InChI=1S/C28H30N6O6S/c1-40-22-3-2-4-23(15-22)41(38,39)31-20-7-9-21(10-8-20)34-25-24(16-30-34)27(36)33(18-29-25)17-28(37)11-13-32(14-12-28)26(35)19-5-6-19/h2-4,7-10,15-16,18-19,31,37H,5-6,11-14,17H2,1H3. The number of nitrogens with zero attached hydrogens (tertiary/aromatic N) is 5. The SMILES string of the molecule is COc1cccc(S(=O)(=O)Nc2ccc(-n3ncc4c(=O)n(CC5(O)CCN(C(=O)C6CC6)CC5)cnc43)cc2)c1. The molecular weight excluding hydrogens is 548 g/mol. The van der Waals surface area contributed by atoms with Crippen LogP contribution < -0.4 is 15.0 Å². The number of likely N-dealkylation sites (tertiary alicyclic amines) is 1. The van der Waals surface area contributed by atoms with Gasteiger partial charge in [-0.05, 0) is 62.1 Å². The van der Waals surface area contributed by atoms with Crippen LogP contribution in [-0.4, -0.2) is 69.5 Å². The van der Waals surface area contributed by atoms with E-state index in [0.717, 1.165) is 12.8 Å². The molecule has 0 unspecified atom stereocenters. The van der Waals surface area contributed by atoms with E-state index in [9.17, 15) is 23.1 Å². The predicted octanol–water partition coefficient (Wildman–Crippen LogP) is 2.16. The molecule has 0 radical (unpaired) electrons. The number of amides is 1. The maximum absolute atomic E-state index is 13.3. The zero-order chi connectivity index (χ0) is 28.8. The number of anilines is 1. The number of sulfonamides is 1. The molecule has 2 aromatic carbocycles. The number of carbonyl (C=O) groups is 1. The van der Waals surface area contributed by atoms with Gasteiger partial charge in [-0.1, -0.05) is 6.07 Å². The summed E-state index contributed by atoms with van der Waals surface area (Å²) in [5, 5.41) is 15.8. The van der Waals surface area contributed by atoms with E-state index in [2.05, 4.69) is 14.8 Å². The minimum absolute atomic E-state index is 0.0708. The van der Waals surface area contributed by atoms with Gasteiger partial charge in [0.05, 0.1) is 36.0 Å². The van der Waals surface area contributed by atoms with Gasteiger partial charge in [0.25, 0.3) is 15.6 Å². The van der Waals surface area contributed by atoms with E-state index in [1.165, 1.54) is 41.0 Å². The largest absolute Gasteiger partial charge is 0.497 e. The number of fused-ring (bicyclic) bond motifs is 1. The van der Waals surface area contributed by atoms with E-state index in [4.69, 9.17) is 4.74 Å². The van der Waals surface area contributed by atoms with Gasteiger partial charge in [0.1, 0.15) is 17.5 Å². The molecule has 6 rings (SSSR count). The molecule has 1 aliphatic heterocycles. The van der Waals surface area contributed by atoms with Gasteiger partial charge >= 0.3 is 0 Å². The summed E-state index contributed by atoms with van der Waals surface area (Å²) in [6.45, 7) is 1.02. The minimum Gasteiger partial charge on any atom is -0.497 e.